The average molecular weight is 609 g/mol. The number of ketones is 1. The molecule has 0 N–H and O–H groups in total. The summed E-state index contributed by atoms with van der Waals surface area (Å²) in [4.78, 5) is 35.4. The number of hydrogen-bond acceptors (Lipinski definition) is 9. The highest BCUT2D eigenvalue weighted by molar-refractivity contribution is 6.40. The average Bonchev–Trinajstić information content (AvgIpc) is 3.03. The molecule has 0 aromatic heterocycles. The molecule has 0 bridgehead atoms. The third-order valence-electron chi connectivity index (χ3n) is 6.77. The summed E-state index contributed by atoms with van der Waals surface area (Å²) < 4.78 is 31.7. The Morgan fingerprint density at radius 1 is 0.488 bits per heavy atom. The first-order chi connectivity index (χ1) is 21.1. The molecule has 0 aliphatic rings. The Hall–Kier alpha value is -2.33. The minimum Gasteiger partial charge on any atom is -0.463 e. The van der Waals surface area contributed by atoms with Crippen LogP contribution in [0.25, 0.3) is 0 Å². The quantitative estimate of drug-likeness (QED) is 0.0404. The minimum atomic E-state index is -0.895. The molecule has 1 aromatic rings. The van der Waals surface area contributed by atoms with Crippen molar-refractivity contribution < 1.29 is 42.8 Å². The van der Waals surface area contributed by atoms with Gasteiger partial charge in [0.05, 0.1) is 52.9 Å². The molecule has 0 saturated heterocycles. The van der Waals surface area contributed by atoms with Crippen molar-refractivity contribution >= 4 is 17.7 Å². The molecular weight excluding hydrogens is 552 g/mol. The molecule has 0 amide bonds. The Balaban J connectivity index is 1.74. The van der Waals surface area contributed by atoms with Crippen LogP contribution in [0.5, 0.6) is 0 Å². The van der Waals surface area contributed by atoms with Crippen LogP contribution in [0.15, 0.2) is 30.3 Å². The third kappa shape index (κ3) is 24.8. The zero-order chi connectivity index (χ0) is 31.1. The SMILES string of the molecule is CCCCCCCCCCCCCCCC(=O)OCCOCCOCCOCCOCCOC(=O)C(=O)c1ccccc1. The van der Waals surface area contributed by atoms with Crippen molar-refractivity contribution in [3.63, 3.8) is 0 Å². The second-order valence-electron chi connectivity index (χ2n) is 10.5. The van der Waals surface area contributed by atoms with Crippen molar-refractivity contribution in [2.75, 3.05) is 66.1 Å². The molecule has 0 saturated carbocycles. The molecule has 0 fully saturated rings. The van der Waals surface area contributed by atoms with Gasteiger partial charge in [-0.05, 0) is 6.42 Å². The van der Waals surface area contributed by atoms with Gasteiger partial charge in [0.1, 0.15) is 13.2 Å². The maximum Gasteiger partial charge on any atom is 0.379 e. The van der Waals surface area contributed by atoms with Crippen LogP contribution in [-0.2, 0) is 38.0 Å². The Kier molecular flexibility index (Phi) is 26.8. The van der Waals surface area contributed by atoms with Crippen LogP contribution in [-0.4, -0.2) is 83.8 Å². The maximum absolute atomic E-state index is 11.9. The van der Waals surface area contributed by atoms with Crippen LogP contribution >= 0.6 is 0 Å². The molecule has 246 valence electrons. The van der Waals surface area contributed by atoms with Gasteiger partial charge in [0.25, 0.3) is 5.78 Å². The van der Waals surface area contributed by atoms with E-state index in [9.17, 15) is 14.4 Å². The van der Waals surface area contributed by atoms with Gasteiger partial charge in [-0.25, -0.2) is 4.79 Å². The lowest BCUT2D eigenvalue weighted by Crippen LogP contribution is -2.20. The van der Waals surface area contributed by atoms with Crippen LogP contribution in [0.4, 0.5) is 0 Å². The number of unbranched alkanes of at least 4 members (excludes halogenated alkanes) is 12. The Bertz CT molecular complexity index is 800. The molecule has 0 aliphatic heterocycles. The van der Waals surface area contributed by atoms with Crippen LogP contribution in [0.3, 0.4) is 0 Å². The number of carbonyl (C=O) groups is 3. The van der Waals surface area contributed by atoms with E-state index < -0.39 is 11.8 Å². The molecule has 0 atom stereocenters. The lowest BCUT2D eigenvalue weighted by Gasteiger charge is -2.08. The van der Waals surface area contributed by atoms with Gasteiger partial charge in [-0.1, -0.05) is 114 Å². The van der Waals surface area contributed by atoms with E-state index in [4.69, 9.17) is 28.4 Å². The summed E-state index contributed by atoms with van der Waals surface area (Å²) in [6.45, 7) is 5.48. The zero-order valence-electron chi connectivity index (χ0n) is 26.5. The van der Waals surface area contributed by atoms with E-state index in [0.717, 1.165) is 12.8 Å². The second-order valence-corrected chi connectivity index (χ2v) is 10.5. The molecule has 9 nitrogen and oxygen atoms in total. The molecular formula is C34H56O9. The van der Waals surface area contributed by atoms with Gasteiger partial charge in [0.15, 0.2) is 0 Å². The number of rotatable bonds is 31. The standard InChI is InChI=1S/C34H56O9/c1-2-3-4-5-6-7-8-9-10-11-12-13-17-20-32(35)42-29-27-40-25-23-38-21-22-39-24-26-41-28-30-43-34(37)33(36)31-18-15-14-16-19-31/h14-16,18-19H,2-13,17,20-30H2,1H3. The number of hydrogen-bond donors (Lipinski definition) is 0. The summed E-state index contributed by atoms with van der Waals surface area (Å²) in [7, 11) is 0. The van der Waals surface area contributed by atoms with Crippen molar-refractivity contribution in [3.05, 3.63) is 35.9 Å². The third-order valence-corrected chi connectivity index (χ3v) is 6.77. The largest absolute Gasteiger partial charge is 0.463 e. The lowest BCUT2D eigenvalue weighted by molar-refractivity contribution is -0.145. The van der Waals surface area contributed by atoms with Crippen LogP contribution in [0, 0.1) is 0 Å². The molecule has 9 heteroatoms. The molecule has 43 heavy (non-hydrogen) atoms. The summed E-state index contributed by atoms with van der Waals surface area (Å²) in [5.74, 6) is -1.72. The molecule has 0 radical (unpaired) electrons. The topological polar surface area (TPSA) is 107 Å². The molecule has 1 rings (SSSR count). The van der Waals surface area contributed by atoms with Gasteiger partial charge >= 0.3 is 11.9 Å². The van der Waals surface area contributed by atoms with E-state index in [2.05, 4.69) is 6.92 Å². The van der Waals surface area contributed by atoms with Gasteiger partial charge in [0.2, 0.25) is 0 Å². The van der Waals surface area contributed by atoms with E-state index in [1.165, 1.54) is 70.6 Å². The Morgan fingerprint density at radius 3 is 1.35 bits per heavy atom. The van der Waals surface area contributed by atoms with Gasteiger partial charge in [-0.15, -0.1) is 0 Å². The van der Waals surface area contributed by atoms with E-state index in [-0.39, 0.29) is 25.8 Å². The van der Waals surface area contributed by atoms with Gasteiger partial charge in [-0.2, -0.15) is 0 Å². The molecule has 1 aromatic carbocycles. The molecule has 0 heterocycles. The van der Waals surface area contributed by atoms with E-state index in [0.29, 0.717) is 58.2 Å². The number of Topliss-reactive ketones (excluding diaryl/α,β-unsaturated/α-hetero) is 1. The van der Waals surface area contributed by atoms with Gasteiger partial charge in [-0.3, -0.25) is 9.59 Å². The minimum absolute atomic E-state index is 0.000800. The van der Waals surface area contributed by atoms with Crippen LogP contribution < -0.4 is 0 Å². The fourth-order valence-electron chi connectivity index (χ4n) is 4.30. The highest BCUT2D eigenvalue weighted by Crippen LogP contribution is 2.13. The lowest BCUT2D eigenvalue weighted by atomic mass is 10.0. The first-order valence-corrected chi connectivity index (χ1v) is 16.4. The van der Waals surface area contributed by atoms with E-state index in [1.54, 1.807) is 30.3 Å². The fourth-order valence-corrected chi connectivity index (χ4v) is 4.30. The van der Waals surface area contributed by atoms with E-state index in [1.807, 2.05) is 0 Å². The molecule has 0 aliphatic carbocycles. The first kappa shape index (κ1) is 38.7. The number of benzene rings is 1. The van der Waals surface area contributed by atoms with Crippen LogP contribution in [0.1, 0.15) is 107 Å². The Morgan fingerprint density at radius 2 is 0.884 bits per heavy atom. The van der Waals surface area contributed by atoms with Crippen molar-refractivity contribution in [3.8, 4) is 0 Å². The predicted octanol–water partition coefficient (Wildman–Crippen LogP) is 6.50. The van der Waals surface area contributed by atoms with Gasteiger partial charge in [0, 0.05) is 12.0 Å². The summed E-state index contributed by atoms with van der Waals surface area (Å²) in [5.41, 5.74) is 0.298. The number of ether oxygens (including phenoxy) is 6. The summed E-state index contributed by atoms with van der Waals surface area (Å²) in [5, 5.41) is 0. The number of carbonyl (C=O) groups excluding carboxylic acids is 3. The monoisotopic (exact) mass is 608 g/mol. The number of esters is 2. The normalized spacial score (nSPS) is 11.0. The highest BCUT2D eigenvalue weighted by atomic mass is 16.6. The molecule has 0 spiro atoms. The zero-order valence-corrected chi connectivity index (χ0v) is 26.5. The summed E-state index contributed by atoms with van der Waals surface area (Å²) >= 11 is 0. The smallest absolute Gasteiger partial charge is 0.379 e. The fraction of sp³-hybridized carbons (Fsp3) is 0.735. The van der Waals surface area contributed by atoms with Gasteiger partial charge < -0.3 is 28.4 Å². The van der Waals surface area contributed by atoms with Crippen molar-refractivity contribution in [1.29, 1.82) is 0 Å². The second kappa shape index (κ2) is 29.7. The summed E-state index contributed by atoms with van der Waals surface area (Å²) in [6, 6.07) is 8.27. The van der Waals surface area contributed by atoms with Crippen LogP contribution in [0.2, 0.25) is 0 Å². The van der Waals surface area contributed by atoms with E-state index >= 15 is 0 Å². The van der Waals surface area contributed by atoms with Crippen molar-refractivity contribution in [2.45, 2.75) is 96.8 Å². The Labute approximate surface area is 259 Å². The molecule has 0 unspecified atom stereocenters. The van der Waals surface area contributed by atoms with Crippen molar-refractivity contribution in [1.82, 2.24) is 0 Å². The summed E-state index contributed by atoms with van der Waals surface area (Å²) in [6.07, 6.45) is 17.2. The maximum atomic E-state index is 11.9. The van der Waals surface area contributed by atoms with Crippen molar-refractivity contribution in [2.24, 2.45) is 0 Å². The highest BCUT2D eigenvalue weighted by Gasteiger charge is 2.17. The first-order valence-electron chi connectivity index (χ1n) is 16.4. The predicted molar refractivity (Wildman–Crippen MR) is 166 cm³/mol.